The van der Waals surface area contributed by atoms with Crippen LogP contribution in [0.5, 0.6) is 11.5 Å². The Morgan fingerprint density at radius 2 is 1.58 bits per heavy atom. The number of hydrogen-bond acceptors (Lipinski definition) is 3. The van der Waals surface area contributed by atoms with Crippen molar-refractivity contribution in [3.05, 3.63) is 58.6 Å². The molecule has 0 bridgehead atoms. The molecule has 0 saturated carbocycles. The van der Waals surface area contributed by atoms with Crippen molar-refractivity contribution >= 4 is 11.6 Å². The minimum absolute atomic E-state index is 0.479. The Morgan fingerprint density at radius 3 is 2.11 bits per heavy atom. The Balaban J connectivity index is 2.27. The van der Waals surface area contributed by atoms with Crippen LogP contribution in [0, 0.1) is 0 Å². The van der Waals surface area contributed by atoms with E-state index in [1.807, 2.05) is 24.3 Å². The summed E-state index contributed by atoms with van der Waals surface area (Å²) in [5.74, 6) is 1.34. The second-order valence-corrected chi connectivity index (χ2v) is 4.48. The van der Waals surface area contributed by atoms with Crippen molar-refractivity contribution in [3.8, 4) is 11.5 Å². The first-order valence-electron chi connectivity index (χ1n) is 5.81. The summed E-state index contributed by atoms with van der Waals surface area (Å²) in [6.45, 7) is 0. The lowest BCUT2D eigenvalue weighted by Crippen LogP contribution is -2.00. The van der Waals surface area contributed by atoms with Gasteiger partial charge in [-0.05, 0) is 35.4 Å². The first-order chi connectivity index (χ1) is 9.15. The van der Waals surface area contributed by atoms with E-state index in [1.165, 1.54) is 0 Å². The third-order valence-electron chi connectivity index (χ3n) is 2.92. The number of aliphatic hydroxyl groups is 1. The van der Waals surface area contributed by atoms with Gasteiger partial charge in [0.05, 0.1) is 19.2 Å². The topological polar surface area (TPSA) is 38.7 Å². The largest absolute Gasteiger partial charge is 0.497 e. The molecule has 1 unspecified atom stereocenters. The molecule has 2 rings (SSSR count). The SMILES string of the molecule is COc1ccc(C(O)c2ccc(OC)c(Cl)c2)cc1. The molecule has 0 fully saturated rings. The summed E-state index contributed by atoms with van der Waals surface area (Å²) < 4.78 is 10.2. The van der Waals surface area contributed by atoms with E-state index < -0.39 is 6.10 Å². The summed E-state index contributed by atoms with van der Waals surface area (Å²) in [5.41, 5.74) is 1.50. The average molecular weight is 279 g/mol. The molecule has 0 saturated heterocycles. The molecule has 0 aromatic heterocycles. The fourth-order valence-electron chi connectivity index (χ4n) is 1.83. The van der Waals surface area contributed by atoms with Crippen molar-refractivity contribution in [2.45, 2.75) is 6.10 Å². The molecule has 4 heteroatoms. The standard InChI is InChI=1S/C15H15ClO3/c1-18-12-6-3-10(4-7-12)15(17)11-5-8-14(19-2)13(16)9-11/h3-9,15,17H,1-2H3. The Kier molecular flexibility index (Phi) is 4.30. The molecule has 1 N–H and O–H groups in total. The number of methoxy groups -OCH3 is 2. The molecule has 0 spiro atoms. The fourth-order valence-corrected chi connectivity index (χ4v) is 2.10. The van der Waals surface area contributed by atoms with Gasteiger partial charge in [-0.1, -0.05) is 29.8 Å². The van der Waals surface area contributed by atoms with Gasteiger partial charge in [-0.25, -0.2) is 0 Å². The zero-order chi connectivity index (χ0) is 13.8. The minimum atomic E-state index is -0.727. The van der Waals surface area contributed by atoms with Crippen molar-refractivity contribution in [1.29, 1.82) is 0 Å². The summed E-state index contributed by atoms with van der Waals surface area (Å²) in [4.78, 5) is 0. The van der Waals surface area contributed by atoms with Crippen LogP contribution in [0.1, 0.15) is 17.2 Å². The van der Waals surface area contributed by atoms with Gasteiger partial charge in [-0.15, -0.1) is 0 Å². The van der Waals surface area contributed by atoms with Gasteiger partial charge in [-0.2, -0.15) is 0 Å². The van der Waals surface area contributed by atoms with E-state index in [4.69, 9.17) is 21.1 Å². The van der Waals surface area contributed by atoms with Crippen molar-refractivity contribution in [2.24, 2.45) is 0 Å². The number of rotatable bonds is 4. The van der Waals surface area contributed by atoms with Gasteiger partial charge in [0, 0.05) is 0 Å². The lowest BCUT2D eigenvalue weighted by atomic mass is 10.0. The highest BCUT2D eigenvalue weighted by Gasteiger charge is 2.12. The van der Waals surface area contributed by atoms with Crippen molar-refractivity contribution in [1.82, 2.24) is 0 Å². The number of hydrogen-bond donors (Lipinski definition) is 1. The smallest absolute Gasteiger partial charge is 0.137 e. The van der Waals surface area contributed by atoms with Gasteiger partial charge in [0.25, 0.3) is 0 Å². The highest BCUT2D eigenvalue weighted by Crippen LogP contribution is 2.30. The molecule has 19 heavy (non-hydrogen) atoms. The molecule has 2 aromatic rings. The summed E-state index contributed by atoms with van der Waals surface area (Å²) in [7, 11) is 3.16. The number of aliphatic hydroxyl groups excluding tert-OH is 1. The van der Waals surface area contributed by atoms with E-state index in [0.29, 0.717) is 10.8 Å². The summed E-state index contributed by atoms with van der Waals surface area (Å²) in [6.07, 6.45) is -0.727. The van der Waals surface area contributed by atoms with Gasteiger partial charge in [0.1, 0.15) is 17.6 Å². The summed E-state index contributed by atoms with van der Waals surface area (Å²) in [6, 6.07) is 12.5. The third kappa shape index (κ3) is 3.00. The Morgan fingerprint density at radius 1 is 0.947 bits per heavy atom. The number of halogens is 1. The maximum absolute atomic E-state index is 10.3. The highest BCUT2D eigenvalue weighted by atomic mass is 35.5. The molecule has 0 aliphatic carbocycles. The Labute approximate surface area is 117 Å². The zero-order valence-corrected chi connectivity index (χ0v) is 11.5. The van der Waals surface area contributed by atoms with Gasteiger partial charge in [0.15, 0.2) is 0 Å². The van der Waals surface area contributed by atoms with Gasteiger partial charge in [-0.3, -0.25) is 0 Å². The minimum Gasteiger partial charge on any atom is -0.497 e. The molecule has 0 amide bonds. The van der Waals surface area contributed by atoms with E-state index in [9.17, 15) is 5.11 Å². The summed E-state index contributed by atoms with van der Waals surface area (Å²) in [5, 5.41) is 10.8. The quantitative estimate of drug-likeness (QED) is 0.931. The van der Waals surface area contributed by atoms with Crippen LogP contribution in [-0.2, 0) is 0 Å². The zero-order valence-electron chi connectivity index (χ0n) is 10.8. The highest BCUT2D eigenvalue weighted by molar-refractivity contribution is 6.32. The molecule has 0 heterocycles. The second-order valence-electron chi connectivity index (χ2n) is 4.07. The van der Waals surface area contributed by atoms with E-state index in [0.717, 1.165) is 16.9 Å². The molecular weight excluding hydrogens is 264 g/mol. The lowest BCUT2D eigenvalue weighted by Gasteiger charge is -2.13. The lowest BCUT2D eigenvalue weighted by molar-refractivity contribution is 0.220. The molecule has 100 valence electrons. The van der Waals surface area contributed by atoms with Crippen molar-refractivity contribution in [3.63, 3.8) is 0 Å². The van der Waals surface area contributed by atoms with Gasteiger partial charge in [0.2, 0.25) is 0 Å². The molecular formula is C15H15ClO3. The van der Waals surface area contributed by atoms with Crippen LogP contribution in [0.3, 0.4) is 0 Å². The maximum Gasteiger partial charge on any atom is 0.137 e. The fraction of sp³-hybridized carbons (Fsp3) is 0.200. The molecule has 0 aliphatic rings. The molecule has 0 aliphatic heterocycles. The van der Waals surface area contributed by atoms with E-state index in [2.05, 4.69) is 0 Å². The van der Waals surface area contributed by atoms with Crippen LogP contribution in [0.2, 0.25) is 5.02 Å². The molecule has 3 nitrogen and oxygen atoms in total. The normalized spacial score (nSPS) is 12.0. The van der Waals surface area contributed by atoms with Crippen LogP contribution in [0.4, 0.5) is 0 Å². The first kappa shape index (κ1) is 13.7. The third-order valence-corrected chi connectivity index (χ3v) is 3.22. The van der Waals surface area contributed by atoms with E-state index in [-0.39, 0.29) is 0 Å². The molecule has 0 radical (unpaired) electrons. The van der Waals surface area contributed by atoms with Gasteiger partial charge >= 0.3 is 0 Å². The Hall–Kier alpha value is -1.71. The summed E-state index contributed by atoms with van der Waals surface area (Å²) >= 11 is 6.05. The van der Waals surface area contributed by atoms with Crippen LogP contribution in [0.25, 0.3) is 0 Å². The predicted octanol–water partition coefficient (Wildman–Crippen LogP) is 3.44. The van der Waals surface area contributed by atoms with Crippen molar-refractivity contribution < 1.29 is 14.6 Å². The van der Waals surface area contributed by atoms with Crippen LogP contribution in [-0.4, -0.2) is 19.3 Å². The molecule has 2 aromatic carbocycles. The van der Waals surface area contributed by atoms with Crippen LogP contribution < -0.4 is 9.47 Å². The number of ether oxygens (including phenoxy) is 2. The van der Waals surface area contributed by atoms with E-state index >= 15 is 0 Å². The van der Waals surface area contributed by atoms with Crippen molar-refractivity contribution in [2.75, 3.05) is 14.2 Å². The second kappa shape index (κ2) is 5.95. The number of benzene rings is 2. The maximum atomic E-state index is 10.3. The van der Waals surface area contributed by atoms with Gasteiger partial charge < -0.3 is 14.6 Å². The van der Waals surface area contributed by atoms with E-state index in [1.54, 1.807) is 32.4 Å². The first-order valence-corrected chi connectivity index (χ1v) is 6.19. The average Bonchev–Trinajstić information content (AvgIpc) is 2.46. The van der Waals surface area contributed by atoms with Crippen LogP contribution >= 0.6 is 11.6 Å². The Bertz CT molecular complexity index is 552. The van der Waals surface area contributed by atoms with Crippen LogP contribution in [0.15, 0.2) is 42.5 Å². The molecule has 1 atom stereocenters. The monoisotopic (exact) mass is 278 g/mol. The predicted molar refractivity (Wildman–Crippen MR) is 75.1 cm³/mol.